The maximum atomic E-state index is 12.8. The van der Waals surface area contributed by atoms with E-state index in [1.54, 1.807) is 0 Å². The van der Waals surface area contributed by atoms with Gasteiger partial charge in [0.05, 0.1) is 12.1 Å². The molecule has 0 fully saturated rings. The standard InChI is InChI=1S/C15H21F3N2O/c1-4-11(5-2)20-14(21)9-19-12-7-6-10(3)13(8-12)15(16,17)18/h6-8,11,19H,4-5,9H2,1-3H3,(H,20,21). The summed E-state index contributed by atoms with van der Waals surface area (Å²) in [5, 5.41) is 5.54. The lowest BCUT2D eigenvalue weighted by Crippen LogP contribution is -2.37. The Bertz CT molecular complexity index is 482. The minimum Gasteiger partial charge on any atom is -0.376 e. The zero-order chi connectivity index (χ0) is 16.0. The van der Waals surface area contributed by atoms with E-state index >= 15 is 0 Å². The van der Waals surface area contributed by atoms with Crippen LogP contribution in [0.25, 0.3) is 0 Å². The molecule has 1 aromatic rings. The molecule has 3 nitrogen and oxygen atoms in total. The van der Waals surface area contributed by atoms with E-state index in [4.69, 9.17) is 0 Å². The Labute approximate surface area is 122 Å². The third-order valence-corrected chi connectivity index (χ3v) is 3.35. The summed E-state index contributed by atoms with van der Waals surface area (Å²) < 4.78 is 38.4. The number of alkyl halides is 3. The SMILES string of the molecule is CCC(CC)NC(=O)CNc1ccc(C)c(C(F)(F)F)c1. The van der Waals surface area contributed by atoms with Crippen LogP contribution in [0.5, 0.6) is 0 Å². The fraction of sp³-hybridized carbons (Fsp3) is 0.533. The maximum absolute atomic E-state index is 12.8. The lowest BCUT2D eigenvalue weighted by atomic mass is 10.1. The summed E-state index contributed by atoms with van der Waals surface area (Å²) in [4.78, 5) is 11.7. The highest BCUT2D eigenvalue weighted by Gasteiger charge is 2.32. The summed E-state index contributed by atoms with van der Waals surface area (Å²) in [7, 11) is 0. The third kappa shape index (κ3) is 5.28. The average Bonchev–Trinajstić information content (AvgIpc) is 2.42. The first-order valence-corrected chi connectivity index (χ1v) is 6.99. The highest BCUT2D eigenvalue weighted by Crippen LogP contribution is 2.33. The van der Waals surface area contributed by atoms with Gasteiger partial charge < -0.3 is 10.6 Å². The molecule has 2 N–H and O–H groups in total. The van der Waals surface area contributed by atoms with Crippen molar-refractivity contribution in [2.75, 3.05) is 11.9 Å². The van der Waals surface area contributed by atoms with Crippen LogP contribution in [-0.4, -0.2) is 18.5 Å². The quantitative estimate of drug-likeness (QED) is 0.840. The first-order chi connectivity index (χ1) is 9.77. The van der Waals surface area contributed by atoms with E-state index in [-0.39, 0.29) is 29.7 Å². The molecule has 0 bridgehead atoms. The number of anilines is 1. The van der Waals surface area contributed by atoms with Crippen molar-refractivity contribution in [3.05, 3.63) is 29.3 Å². The van der Waals surface area contributed by atoms with Crippen molar-refractivity contribution < 1.29 is 18.0 Å². The van der Waals surface area contributed by atoms with Gasteiger partial charge in [-0.25, -0.2) is 0 Å². The van der Waals surface area contributed by atoms with E-state index in [9.17, 15) is 18.0 Å². The first kappa shape index (κ1) is 17.3. The van der Waals surface area contributed by atoms with Gasteiger partial charge in [-0.15, -0.1) is 0 Å². The normalized spacial score (nSPS) is 11.6. The molecule has 1 aromatic carbocycles. The number of carbonyl (C=O) groups excluding carboxylic acids is 1. The van der Waals surface area contributed by atoms with Crippen molar-refractivity contribution in [3.8, 4) is 0 Å². The molecule has 118 valence electrons. The molecule has 0 aliphatic carbocycles. The van der Waals surface area contributed by atoms with Crippen LogP contribution in [0.2, 0.25) is 0 Å². The molecular formula is C15H21F3N2O. The molecule has 0 saturated heterocycles. The zero-order valence-corrected chi connectivity index (χ0v) is 12.5. The van der Waals surface area contributed by atoms with Crippen molar-refractivity contribution >= 4 is 11.6 Å². The van der Waals surface area contributed by atoms with Gasteiger partial charge in [-0.3, -0.25) is 4.79 Å². The van der Waals surface area contributed by atoms with Gasteiger partial charge in [-0.05, 0) is 37.5 Å². The van der Waals surface area contributed by atoms with Gasteiger partial charge in [0.1, 0.15) is 0 Å². The lowest BCUT2D eigenvalue weighted by Gasteiger charge is -2.16. The Kier molecular flexibility index (Phi) is 6.05. The molecule has 0 aromatic heterocycles. The monoisotopic (exact) mass is 302 g/mol. The summed E-state index contributed by atoms with van der Waals surface area (Å²) in [6.45, 7) is 5.30. The highest BCUT2D eigenvalue weighted by molar-refractivity contribution is 5.81. The van der Waals surface area contributed by atoms with E-state index in [1.165, 1.54) is 19.1 Å². The van der Waals surface area contributed by atoms with Crippen molar-refractivity contribution in [1.82, 2.24) is 5.32 Å². The Hall–Kier alpha value is -1.72. The third-order valence-electron chi connectivity index (χ3n) is 3.35. The van der Waals surface area contributed by atoms with E-state index < -0.39 is 11.7 Å². The summed E-state index contributed by atoms with van der Waals surface area (Å²) >= 11 is 0. The summed E-state index contributed by atoms with van der Waals surface area (Å²) in [5.74, 6) is -0.224. The number of halogens is 3. The van der Waals surface area contributed by atoms with E-state index in [0.717, 1.165) is 18.9 Å². The van der Waals surface area contributed by atoms with Crippen molar-refractivity contribution in [2.24, 2.45) is 0 Å². The van der Waals surface area contributed by atoms with Crippen molar-refractivity contribution in [3.63, 3.8) is 0 Å². The molecule has 21 heavy (non-hydrogen) atoms. The number of carbonyl (C=O) groups is 1. The predicted molar refractivity (Wildman–Crippen MR) is 77.2 cm³/mol. The van der Waals surface area contributed by atoms with Crippen LogP contribution in [-0.2, 0) is 11.0 Å². The Morgan fingerprint density at radius 1 is 1.24 bits per heavy atom. The Morgan fingerprint density at radius 2 is 1.86 bits per heavy atom. The molecule has 0 spiro atoms. The first-order valence-electron chi connectivity index (χ1n) is 6.99. The minimum absolute atomic E-state index is 0.0448. The molecule has 0 atom stereocenters. The van der Waals surface area contributed by atoms with Gasteiger partial charge in [0.25, 0.3) is 0 Å². The van der Waals surface area contributed by atoms with Crippen molar-refractivity contribution in [2.45, 2.75) is 45.8 Å². The second kappa shape index (κ2) is 7.33. The van der Waals surface area contributed by atoms with Gasteiger partial charge in [-0.2, -0.15) is 13.2 Å². The van der Waals surface area contributed by atoms with Crippen LogP contribution in [0.3, 0.4) is 0 Å². The topological polar surface area (TPSA) is 41.1 Å². The fourth-order valence-corrected chi connectivity index (χ4v) is 1.99. The van der Waals surface area contributed by atoms with Gasteiger partial charge in [-0.1, -0.05) is 19.9 Å². The second-order valence-corrected chi connectivity index (χ2v) is 4.96. The average molecular weight is 302 g/mol. The Balaban J connectivity index is 2.66. The number of amides is 1. The van der Waals surface area contributed by atoms with E-state index in [1.807, 2.05) is 13.8 Å². The van der Waals surface area contributed by atoms with Gasteiger partial charge in [0.15, 0.2) is 0 Å². The van der Waals surface area contributed by atoms with Crippen LogP contribution in [0, 0.1) is 6.92 Å². The molecule has 0 radical (unpaired) electrons. The van der Waals surface area contributed by atoms with Gasteiger partial charge >= 0.3 is 6.18 Å². The largest absolute Gasteiger partial charge is 0.416 e. The van der Waals surface area contributed by atoms with Crippen LogP contribution in [0.4, 0.5) is 18.9 Å². The van der Waals surface area contributed by atoms with E-state index in [0.29, 0.717) is 0 Å². The molecule has 0 saturated carbocycles. The van der Waals surface area contributed by atoms with E-state index in [2.05, 4.69) is 10.6 Å². The maximum Gasteiger partial charge on any atom is 0.416 e. The minimum atomic E-state index is -4.39. The summed E-state index contributed by atoms with van der Waals surface area (Å²) in [6.07, 6.45) is -2.74. The molecule has 0 aliphatic heterocycles. The number of rotatable bonds is 6. The Morgan fingerprint density at radius 3 is 2.38 bits per heavy atom. The summed E-state index contributed by atoms with van der Waals surface area (Å²) in [6, 6.07) is 4.06. The van der Waals surface area contributed by atoms with Crippen LogP contribution in [0.15, 0.2) is 18.2 Å². The molecule has 0 heterocycles. The predicted octanol–water partition coefficient (Wildman–Crippen LogP) is 3.73. The molecule has 0 aliphatic rings. The van der Waals surface area contributed by atoms with Crippen LogP contribution < -0.4 is 10.6 Å². The second-order valence-electron chi connectivity index (χ2n) is 4.96. The number of benzene rings is 1. The highest BCUT2D eigenvalue weighted by atomic mass is 19.4. The lowest BCUT2D eigenvalue weighted by molar-refractivity contribution is -0.138. The molecule has 0 unspecified atom stereocenters. The van der Waals surface area contributed by atoms with Crippen LogP contribution >= 0.6 is 0 Å². The number of aryl methyl sites for hydroxylation is 1. The molecule has 1 rings (SSSR count). The number of hydrogen-bond donors (Lipinski definition) is 2. The number of hydrogen-bond acceptors (Lipinski definition) is 2. The zero-order valence-electron chi connectivity index (χ0n) is 12.5. The fourth-order valence-electron chi connectivity index (χ4n) is 1.99. The number of nitrogens with one attached hydrogen (secondary N) is 2. The molecular weight excluding hydrogens is 281 g/mol. The summed E-state index contributed by atoms with van der Waals surface area (Å²) in [5.41, 5.74) is -0.241. The van der Waals surface area contributed by atoms with Gasteiger partial charge in [0.2, 0.25) is 5.91 Å². The van der Waals surface area contributed by atoms with Gasteiger partial charge in [0, 0.05) is 11.7 Å². The smallest absolute Gasteiger partial charge is 0.376 e. The molecule has 6 heteroatoms. The molecule has 1 amide bonds. The van der Waals surface area contributed by atoms with Crippen LogP contribution in [0.1, 0.15) is 37.8 Å². The van der Waals surface area contributed by atoms with Crippen molar-refractivity contribution in [1.29, 1.82) is 0 Å².